The van der Waals surface area contributed by atoms with E-state index in [4.69, 9.17) is 37.3 Å². The molecule has 0 fully saturated rings. The van der Waals surface area contributed by atoms with Gasteiger partial charge in [-0.05, 0) is 7.05 Å². The van der Waals surface area contributed by atoms with Gasteiger partial charge in [-0.25, -0.2) is 0 Å². The van der Waals surface area contributed by atoms with Crippen LogP contribution >= 0.6 is 0 Å². The summed E-state index contributed by atoms with van der Waals surface area (Å²) in [7, 11) is 4.95. The molecular formula is C11H28N6O5. The fraction of sp³-hybridized carbons (Fsp3) is 0.818. The number of nitrogens with two attached hydrogens (primary N) is 2. The van der Waals surface area contributed by atoms with Crippen molar-refractivity contribution in [2.24, 2.45) is 16.5 Å². The Morgan fingerprint density at radius 3 is 1.86 bits per heavy atom. The number of rotatable bonds is 6. The Bertz CT molecular complexity index is 337. The van der Waals surface area contributed by atoms with Crippen LogP contribution in [0.25, 0.3) is 0 Å². The van der Waals surface area contributed by atoms with E-state index in [-0.39, 0.29) is 18.5 Å². The summed E-state index contributed by atoms with van der Waals surface area (Å²) in [6.07, 6.45) is -5.65. The van der Waals surface area contributed by atoms with Crippen LogP contribution in [0, 0.1) is 5.41 Å². The molecule has 0 aromatic carbocycles. The van der Waals surface area contributed by atoms with Gasteiger partial charge in [0, 0.05) is 20.6 Å². The highest BCUT2D eigenvalue weighted by atomic mass is 16.4. The van der Waals surface area contributed by atoms with E-state index in [1.807, 2.05) is 0 Å². The van der Waals surface area contributed by atoms with E-state index >= 15 is 0 Å². The fourth-order valence-corrected chi connectivity index (χ4v) is 1.12. The van der Waals surface area contributed by atoms with Crippen LogP contribution in [-0.4, -0.2) is 101 Å². The molecule has 0 amide bonds. The Morgan fingerprint density at radius 2 is 1.59 bits per heavy atom. The molecule has 0 rings (SSSR count). The Morgan fingerprint density at radius 1 is 1.14 bits per heavy atom. The number of aliphatic imine (C=N–C) groups is 1. The van der Waals surface area contributed by atoms with Crippen molar-refractivity contribution in [1.29, 1.82) is 5.41 Å². The van der Waals surface area contributed by atoms with E-state index in [2.05, 4.69) is 10.3 Å². The summed E-state index contributed by atoms with van der Waals surface area (Å²) in [5.41, 5.74) is 9.98. The van der Waals surface area contributed by atoms with E-state index in [1.54, 1.807) is 21.1 Å². The van der Waals surface area contributed by atoms with Crippen molar-refractivity contribution in [2.75, 3.05) is 34.3 Å². The summed E-state index contributed by atoms with van der Waals surface area (Å²) in [5.74, 6) is -0.0382. The molecular weight excluding hydrogens is 296 g/mol. The van der Waals surface area contributed by atoms with Gasteiger partial charge in [-0.1, -0.05) is 0 Å². The maximum Gasteiger partial charge on any atom is 0.220 e. The van der Waals surface area contributed by atoms with E-state index in [1.165, 1.54) is 4.90 Å². The topological polar surface area (TPSA) is 205 Å². The van der Waals surface area contributed by atoms with Crippen LogP contribution in [0.4, 0.5) is 0 Å². The predicted octanol–water partition coefficient (Wildman–Crippen LogP) is -4.60. The minimum atomic E-state index is -1.55. The maximum absolute atomic E-state index is 9.21. The summed E-state index contributed by atoms with van der Waals surface area (Å²) in [4.78, 5) is 4.96. The number of likely N-dealkylation sites (N-methyl/N-ethyl adjacent to an activating group) is 1. The summed E-state index contributed by atoms with van der Waals surface area (Å²) in [6.45, 7) is -0.569. The number of guanidine groups is 2. The van der Waals surface area contributed by atoms with E-state index < -0.39 is 31.0 Å². The normalized spacial score (nSPS) is 15.6. The zero-order valence-corrected chi connectivity index (χ0v) is 13.0. The van der Waals surface area contributed by atoms with Crippen LogP contribution in [0.2, 0.25) is 0 Å². The molecule has 0 aliphatic carbocycles. The van der Waals surface area contributed by atoms with Crippen molar-refractivity contribution in [3.63, 3.8) is 0 Å². The van der Waals surface area contributed by atoms with Gasteiger partial charge < -0.3 is 47.2 Å². The van der Waals surface area contributed by atoms with Crippen molar-refractivity contribution in [3.05, 3.63) is 0 Å². The smallest absolute Gasteiger partial charge is 0.220 e. The monoisotopic (exact) mass is 324 g/mol. The maximum atomic E-state index is 9.21. The molecule has 11 N–H and O–H groups in total. The third-order valence-electron chi connectivity index (χ3n) is 2.40. The molecule has 0 aromatic rings. The van der Waals surface area contributed by atoms with Crippen LogP contribution in [0.3, 0.4) is 0 Å². The van der Waals surface area contributed by atoms with Gasteiger partial charge in [0.15, 0.2) is 5.96 Å². The van der Waals surface area contributed by atoms with Gasteiger partial charge in [0.2, 0.25) is 5.96 Å². The van der Waals surface area contributed by atoms with Crippen LogP contribution in [0.15, 0.2) is 4.99 Å². The fourth-order valence-electron chi connectivity index (χ4n) is 1.12. The average molecular weight is 324 g/mol. The lowest BCUT2D eigenvalue weighted by molar-refractivity contribution is -0.113. The third-order valence-corrected chi connectivity index (χ3v) is 2.40. The van der Waals surface area contributed by atoms with E-state index in [0.717, 1.165) is 0 Å². The lowest BCUT2D eigenvalue weighted by atomic mass is 10.0. The number of aliphatic hydroxyl groups excluding tert-OH is 5. The molecule has 0 heterocycles. The highest BCUT2D eigenvalue weighted by Crippen LogP contribution is 2.04. The van der Waals surface area contributed by atoms with Gasteiger partial charge in [-0.15, -0.1) is 0 Å². The average Bonchev–Trinajstić information content (AvgIpc) is 2.44. The zero-order chi connectivity index (χ0) is 17.9. The molecule has 0 radical (unpaired) electrons. The molecule has 0 spiro atoms. The van der Waals surface area contributed by atoms with Gasteiger partial charge in [-0.3, -0.25) is 5.41 Å². The minimum Gasteiger partial charge on any atom is -0.394 e. The van der Waals surface area contributed by atoms with Crippen LogP contribution in [0.5, 0.6) is 0 Å². The van der Waals surface area contributed by atoms with Gasteiger partial charge in [0.1, 0.15) is 18.3 Å². The molecule has 0 unspecified atom stereocenters. The molecule has 4 atom stereocenters. The molecule has 132 valence electrons. The van der Waals surface area contributed by atoms with Crippen molar-refractivity contribution in [1.82, 2.24) is 10.2 Å². The lowest BCUT2D eigenvalue weighted by Gasteiger charge is -2.25. The Hall–Kier alpha value is -1.50. The SMILES string of the molecule is CN(C)C(=N)N=C(N)N.CNC[C@H](O)[C@@H](O)[C@H](O)[C@H](O)CO. The van der Waals surface area contributed by atoms with Gasteiger partial charge >= 0.3 is 0 Å². The number of hydrogen-bond acceptors (Lipinski definition) is 7. The number of nitrogens with zero attached hydrogens (tertiary/aromatic N) is 2. The summed E-state index contributed by atoms with van der Waals surface area (Å²) in [6, 6.07) is 0. The molecule has 0 saturated heterocycles. The number of nitrogens with one attached hydrogen (secondary N) is 2. The molecule has 0 bridgehead atoms. The van der Waals surface area contributed by atoms with Crippen molar-refractivity contribution >= 4 is 11.9 Å². The summed E-state index contributed by atoms with van der Waals surface area (Å²) in [5, 5.41) is 54.5. The largest absolute Gasteiger partial charge is 0.394 e. The van der Waals surface area contributed by atoms with Crippen molar-refractivity contribution < 1.29 is 25.5 Å². The van der Waals surface area contributed by atoms with Crippen molar-refractivity contribution in [2.45, 2.75) is 24.4 Å². The molecule has 0 saturated carbocycles. The molecule has 0 aliphatic rings. The minimum absolute atomic E-state index is 0.0509. The molecule has 22 heavy (non-hydrogen) atoms. The van der Waals surface area contributed by atoms with E-state index in [0.29, 0.717) is 0 Å². The van der Waals surface area contributed by atoms with Crippen molar-refractivity contribution in [3.8, 4) is 0 Å². The van der Waals surface area contributed by atoms with Gasteiger partial charge in [0.25, 0.3) is 0 Å². The second-order valence-electron chi connectivity index (χ2n) is 4.61. The molecule has 11 heteroatoms. The molecule has 0 aliphatic heterocycles. The molecule has 0 aromatic heterocycles. The second kappa shape index (κ2) is 12.1. The number of aliphatic hydroxyl groups is 5. The van der Waals surface area contributed by atoms with Crippen LogP contribution < -0.4 is 16.8 Å². The van der Waals surface area contributed by atoms with Crippen LogP contribution in [0.1, 0.15) is 0 Å². The highest BCUT2D eigenvalue weighted by Gasteiger charge is 2.29. The highest BCUT2D eigenvalue weighted by molar-refractivity contribution is 5.91. The second-order valence-corrected chi connectivity index (χ2v) is 4.61. The summed E-state index contributed by atoms with van der Waals surface area (Å²) < 4.78 is 0. The number of hydrogen-bond donors (Lipinski definition) is 9. The Balaban J connectivity index is 0. The van der Waals surface area contributed by atoms with Gasteiger partial charge in [-0.2, -0.15) is 4.99 Å². The molecule has 11 nitrogen and oxygen atoms in total. The standard InChI is InChI=1S/C7H17NO5.C4H11N5/c1-8-2-4(10)6(12)7(13)5(11)3-9;1-9(2)4(7)8-3(5)6/h4-13H,2-3H2,1H3;1-2H3,(H5,5,6,7,8)/t4-,5+,6+,7+;/m0./s1. The Labute approximate surface area is 129 Å². The first-order chi connectivity index (χ1) is 10.1. The zero-order valence-electron chi connectivity index (χ0n) is 13.0. The quantitative estimate of drug-likeness (QED) is 0.170. The Kier molecular flexibility index (Phi) is 12.5. The first-order valence-corrected chi connectivity index (χ1v) is 6.41. The summed E-state index contributed by atoms with van der Waals surface area (Å²) >= 11 is 0. The van der Waals surface area contributed by atoms with Crippen LogP contribution in [-0.2, 0) is 0 Å². The van der Waals surface area contributed by atoms with Gasteiger partial charge in [0.05, 0.1) is 12.7 Å². The predicted molar refractivity (Wildman–Crippen MR) is 82.3 cm³/mol. The first-order valence-electron chi connectivity index (χ1n) is 6.41. The van der Waals surface area contributed by atoms with E-state index in [9.17, 15) is 5.11 Å². The third kappa shape index (κ3) is 10.3. The first kappa shape index (κ1) is 22.8. The lowest BCUT2D eigenvalue weighted by Crippen LogP contribution is -2.48.